The van der Waals surface area contributed by atoms with Crippen molar-refractivity contribution < 1.29 is 9.53 Å². The highest BCUT2D eigenvalue weighted by Crippen LogP contribution is 2.29. The van der Waals surface area contributed by atoms with Crippen LogP contribution in [0.4, 0.5) is 5.69 Å². The Kier molecular flexibility index (Phi) is 5.60. The molecule has 1 aliphatic carbocycles. The van der Waals surface area contributed by atoms with E-state index < -0.39 is 0 Å². The maximum atomic E-state index is 12.2. The van der Waals surface area contributed by atoms with Gasteiger partial charge in [-0.3, -0.25) is 9.79 Å². The summed E-state index contributed by atoms with van der Waals surface area (Å²) in [6, 6.07) is 8.75. The van der Waals surface area contributed by atoms with E-state index in [0.29, 0.717) is 6.04 Å². The zero-order valence-electron chi connectivity index (χ0n) is 14.9. The van der Waals surface area contributed by atoms with Crippen LogP contribution < -0.4 is 10.2 Å². The van der Waals surface area contributed by atoms with Gasteiger partial charge in [0.1, 0.15) is 0 Å². The van der Waals surface area contributed by atoms with Crippen molar-refractivity contribution in [3.8, 4) is 0 Å². The van der Waals surface area contributed by atoms with Crippen LogP contribution in [0.5, 0.6) is 0 Å². The van der Waals surface area contributed by atoms with Gasteiger partial charge in [0.2, 0.25) is 0 Å². The van der Waals surface area contributed by atoms with Gasteiger partial charge in [0, 0.05) is 18.8 Å². The first-order chi connectivity index (χ1) is 12.8. The first-order valence-corrected chi connectivity index (χ1v) is 10.3. The maximum absolute atomic E-state index is 12.2. The largest absolute Gasteiger partial charge is 0.378 e. The van der Waals surface area contributed by atoms with Gasteiger partial charge in [-0.1, -0.05) is 31.4 Å². The predicted molar refractivity (Wildman–Crippen MR) is 107 cm³/mol. The molecule has 0 spiro atoms. The van der Waals surface area contributed by atoms with Crippen molar-refractivity contribution in [3.05, 3.63) is 34.7 Å². The second-order valence-corrected chi connectivity index (χ2v) is 8.01. The standard InChI is InChI=1S/C20H25N3O2S/c24-19-18(26-20(22-19)21-16-4-2-1-3-5-16)14-15-6-8-17(9-7-15)23-10-12-25-13-11-23/h6-9,14,16H,1-5,10-13H2,(H,21,22,24)/b18-14-. The van der Waals surface area contributed by atoms with Crippen molar-refractivity contribution in [1.29, 1.82) is 0 Å². The first-order valence-electron chi connectivity index (χ1n) is 9.49. The summed E-state index contributed by atoms with van der Waals surface area (Å²) >= 11 is 1.46. The molecule has 0 atom stereocenters. The lowest BCUT2D eigenvalue weighted by Gasteiger charge is -2.28. The molecule has 1 aromatic carbocycles. The number of amides is 1. The monoisotopic (exact) mass is 371 g/mol. The SMILES string of the molecule is O=C1NC(=NC2CCCCC2)S/C1=C\c1ccc(N2CCOCC2)cc1. The van der Waals surface area contributed by atoms with Crippen molar-refractivity contribution in [2.24, 2.45) is 4.99 Å². The molecule has 6 heteroatoms. The topological polar surface area (TPSA) is 53.9 Å². The van der Waals surface area contributed by atoms with E-state index in [-0.39, 0.29) is 5.91 Å². The van der Waals surface area contributed by atoms with Crippen LogP contribution in [-0.4, -0.2) is 43.4 Å². The molecule has 0 bridgehead atoms. The van der Waals surface area contributed by atoms with Crippen LogP contribution >= 0.6 is 11.8 Å². The number of carbonyl (C=O) groups is 1. The number of anilines is 1. The highest BCUT2D eigenvalue weighted by Gasteiger charge is 2.25. The number of rotatable bonds is 3. The summed E-state index contributed by atoms with van der Waals surface area (Å²) < 4.78 is 5.40. The molecule has 0 aromatic heterocycles. The number of ether oxygens (including phenoxy) is 1. The summed E-state index contributed by atoms with van der Waals surface area (Å²) in [6.07, 6.45) is 8.04. The molecule has 1 aromatic rings. The highest BCUT2D eigenvalue weighted by molar-refractivity contribution is 8.18. The van der Waals surface area contributed by atoms with Gasteiger partial charge in [0.05, 0.1) is 24.2 Å². The van der Waals surface area contributed by atoms with Crippen molar-refractivity contribution in [3.63, 3.8) is 0 Å². The van der Waals surface area contributed by atoms with E-state index in [9.17, 15) is 4.79 Å². The Morgan fingerprint density at radius 2 is 1.85 bits per heavy atom. The van der Waals surface area contributed by atoms with Gasteiger partial charge in [-0.25, -0.2) is 0 Å². The molecule has 1 N–H and O–H groups in total. The van der Waals surface area contributed by atoms with E-state index in [1.54, 1.807) is 0 Å². The Bertz CT molecular complexity index is 702. The third-order valence-corrected chi connectivity index (χ3v) is 6.02. The zero-order valence-corrected chi connectivity index (χ0v) is 15.8. The van der Waals surface area contributed by atoms with Gasteiger partial charge >= 0.3 is 0 Å². The normalized spacial score (nSPS) is 25.1. The molecular formula is C20H25N3O2S. The molecule has 26 heavy (non-hydrogen) atoms. The number of benzene rings is 1. The number of aliphatic imine (C=N–C) groups is 1. The molecule has 1 saturated carbocycles. The molecule has 2 aliphatic heterocycles. The quantitative estimate of drug-likeness (QED) is 0.828. The minimum atomic E-state index is -0.0400. The minimum absolute atomic E-state index is 0.0400. The van der Waals surface area contributed by atoms with Crippen molar-refractivity contribution in [1.82, 2.24) is 5.32 Å². The van der Waals surface area contributed by atoms with Crippen LogP contribution in [0.25, 0.3) is 6.08 Å². The molecule has 4 rings (SSSR count). The van der Waals surface area contributed by atoms with Crippen LogP contribution in [0, 0.1) is 0 Å². The molecule has 3 aliphatic rings. The molecule has 0 unspecified atom stereocenters. The number of morpholine rings is 1. The number of nitrogens with zero attached hydrogens (tertiary/aromatic N) is 2. The summed E-state index contributed by atoms with van der Waals surface area (Å²) in [5, 5.41) is 3.68. The third-order valence-electron chi connectivity index (χ3n) is 5.09. The molecule has 0 radical (unpaired) electrons. The average molecular weight is 372 g/mol. The van der Waals surface area contributed by atoms with E-state index in [1.807, 2.05) is 6.08 Å². The number of amidine groups is 1. The van der Waals surface area contributed by atoms with Crippen LogP contribution in [0.3, 0.4) is 0 Å². The summed E-state index contributed by atoms with van der Waals surface area (Å²) in [5.74, 6) is -0.0400. The van der Waals surface area contributed by atoms with Gasteiger partial charge in [0.25, 0.3) is 5.91 Å². The van der Waals surface area contributed by atoms with E-state index in [4.69, 9.17) is 9.73 Å². The number of thioether (sulfide) groups is 1. The lowest BCUT2D eigenvalue weighted by molar-refractivity contribution is -0.115. The maximum Gasteiger partial charge on any atom is 0.264 e. The number of nitrogens with one attached hydrogen (secondary N) is 1. The van der Waals surface area contributed by atoms with Gasteiger partial charge in [-0.05, 0) is 48.4 Å². The summed E-state index contributed by atoms with van der Waals surface area (Å²) in [6.45, 7) is 3.43. The number of carbonyl (C=O) groups excluding carboxylic acids is 1. The Hall–Kier alpha value is -1.79. The predicted octanol–water partition coefficient (Wildman–Crippen LogP) is 3.42. The highest BCUT2D eigenvalue weighted by atomic mass is 32.2. The Morgan fingerprint density at radius 1 is 1.12 bits per heavy atom. The number of hydrogen-bond acceptors (Lipinski definition) is 5. The number of hydrogen-bond donors (Lipinski definition) is 1. The second-order valence-electron chi connectivity index (χ2n) is 6.98. The smallest absolute Gasteiger partial charge is 0.264 e. The fraction of sp³-hybridized carbons (Fsp3) is 0.500. The Morgan fingerprint density at radius 3 is 2.58 bits per heavy atom. The summed E-state index contributed by atoms with van der Waals surface area (Å²) in [7, 11) is 0. The van der Waals surface area contributed by atoms with E-state index >= 15 is 0 Å². The molecule has 3 fully saturated rings. The van der Waals surface area contributed by atoms with Gasteiger partial charge < -0.3 is 15.0 Å². The van der Waals surface area contributed by atoms with E-state index in [0.717, 1.165) is 54.8 Å². The molecule has 1 amide bonds. The van der Waals surface area contributed by atoms with Crippen molar-refractivity contribution in [2.75, 3.05) is 31.2 Å². The lowest BCUT2D eigenvalue weighted by atomic mass is 9.96. The minimum Gasteiger partial charge on any atom is -0.378 e. The Labute approximate surface area is 158 Å². The molecule has 5 nitrogen and oxygen atoms in total. The molecule has 2 saturated heterocycles. The van der Waals surface area contributed by atoms with Crippen LogP contribution in [-0.2, 0) is 9.53 Å². The van der Waals surface area contributed by atoms with Gasteiger partial charge in [0.15, 0.2) is 5.17 Å². The third kappa shape index (κ3) is 4.30. The van der Waals surface area contributed by atoms with Crippen molar-refractivity contribution >= 4 is 34.6 Å². The zero-order chi connectivity index (χ0) is 17.8. The Balaban J connectivity index is 1.42. The molecular weight excluding hydrogens is 346 g/mol. The fourth-order valence-electron chi connectivity index (χ4n) is 3.62. The van der Waals surface area contributed by atoms with Gasteiger partial charge in [-0.15, -0.1) is 0 Å². The van der Waals surface area contributed by atoms with Crippen LogP contribution in [0.1, 0.15) is 37.7 Å². The summed E-state index contributed by atoms with van der Waals surface area (Å²) in [5.41, 5.74) is 2.25. The fourth-order valence-corrected chi connectivity index (χ4v) is 4.51. The second kappa shape index (κ2) is 8.27. The van der Waals surface area contributed by atoms with Crippen molar-refractivity contribution in [2.45, 2.75) is 38.1 Å². The average Bonchev–Trinajstić information content (AvgIpc) is 3.03. The molecule has 2 heterocycles. The van der Waals surface area contributed by atoms with Crippen LogP contribution in [0.2, 0.25) is 0 Å². The van der Waals surface area contributed by atoms with E-state index in [1.165, 1.54) is 36.7 Å². The van der Waals surface area contributed by atoms with E-state index in [2.05, 4.69) is 34.5 Å². The first kappa shape index (κ1) is 17.6. The van der Waals surface area contributed by atoms with Crippen LogP contribution in [0.15, 0.2) is 34.2 Å². The molecule has 138 valence electrons. The van der Waals surface area contributed by atoms with Gasteiger partial charge in [-0.2, -0.15) is 0 Å². The summed E-state index contributed by atoms with van der Waals surface area (Å²) in [4.78, 5) is 20.0. The lowest BCUT2D eigenvalue weighted by Crippen LogP contribution is -2.36.